The summed E-state index contributed by atoms with van der Waals surface area (Å²) in [5.41, 5.74) is 2.93. The van der Waals surface area contributed by atoms with Crippen LogP contribution in [0.25, 0.3) is 11.1 Å². The van der Waals surface area contributed by atoms with E-state index in [0.717, 1.165) is 49.8 Å². The minimum atomic E-state index is -0.554. The summed E-state index contributed by atoms with van der Waals surface area (Å²) >= 11 is 0. The molecule has 1 heterocycles. The molecule has 2 amide bonds. The van der Waals surface area contributed by atoms with Gasteiger partial charge in [-0.25, -0.2) is 0 Å². The molecule has 0 bridgehead atoms. The summed E-state index contributed by atoms with van der Waals surface area (Å²) in [6.45, 7) is 1.30. The second-order valence-electron chi connectivity index (χ2n) is 8.59. The molecule has 2 aliphatic rings. The fraction of sp³-hybridized carbons (Fsp3) is 0.440. The van der Waals surface area contributed by atoms with E-state index >= 15 is 0 Å². The van der Waals surface area contributed by atoms with E-state index in [2.05, 4.69) is 41.7 Å². The van der Waals surface area contributed by atoms with Crippen LogP contribution in [0, 0.1) is 11.3 Å². The summed E-state index contributed by atoms with van der Waals surface area (Å²) in [5.74, 6) is 0.480. The molecule has 1 unspecified atom stereocenters. The highest BCUT2D eigenvalue weighted by molar-refractivity contribution is 5.85. The zero-order chi connectivity index (χ0) is 20.3. The van der Waals surface area contributed by atoms with Gasteiger partial charge in [-0.3, -0.25) is 9.59 Å². The lowest BCUT2D eigenvalue weighted by Gasteiger charge is -2.43. The monoisotopic (exact) mass is 390 g/mol. The lowest BCUT2D eigenvalue weighted by Crippen LogP contribution is -2.55. The van der Waals surface area contributed by atoms with Crippen molar-refractivity contribution >= 4 is 11.8 Å². The molecule has 1 atom stereocenters. The second kappa shape index (κ2) is 8.40. The van der Waals surface area contributed by atoms with Gasteiger partial charge in [0.05, 0.1) is 5.41 Å². The number of amides is 2. The molecule has 29 heavy (non-hydrogen) atoms. The summed E-state index contributed by atoms with van der Waals surface area (Å²) in [7, 11) is 1.71. The smallest absolute Gasteiger partial charge is 0.228 e. The highest BCUT2D eigenvalue weighted by Crippen LogP contribution is 2.37. The van der Waals surface area contributed by atoms with Gasteiger partial charge in [0.15, 0.2) is 0 Å². The van der Waals surface area contributed by atoms with Crippen LogP contribution in [-0.2, 0) is 16.0 Å². The van der Waals surface area contributed by atoms with Crippen LogP contribution in [-0.4, -0.2) is 36.9 Å². The largest absolute Gasteiger partial charge is 0.359 e. The third-order valence-corrected chi connectivity index (χ3v) is 6.63. The van der Waals surface area contributed by atoms with Gasteiger partial charge in [0.25, 0.3) is 0 Å². The van der Waals surface area contributed by atoms with Crippen molar-refractivity contribution in [1.29, 1.82) is 0 Å². The number of hydrogen-bond acceptors (Lipinski definition) is 2. The molecule has 0 aromatic heterocycles. The Labute approximate surface area is 173 Å². The van der Waals surface area contributed by atoms with Crippen molar-refractivity contribution in [2.24, 2.45) is 11.3 Å². The summed E-state index contributed by atoms with van der Waals surface area (Å²) in [4.78, 5) is 27.8. The molecule has 4 heteroatoms. The Morgan fingerprint density at radius 1 is 1.03 bits per heavy atom. The minimum Gasteiger partial charge on any atom is -0.359 e. The number of nitrogens with one attached hydrogen (secondary N) is 1. The van der Waals surface area contributed by atoms with E-state index in [9.17, 15) is 9.59 Å². The van der Waals surface area contributed by atoms with E-state index in [1.165, 1.54) is 5.56 Å². The number of piperidine rings is 1. The summed E-state index contributed by atoms with van der Waals surface area (Å²) in [6, 6.07) is 18.8. The fourth-order valence-corrected chi connectivity index (χ4v) is 4.79. The second-order valence-corrected chi connectivity index (χ2v) is 8.59. The topological polar surface area (TPSA) is 49.4 Å². The van der Waals surface area contributed by atoms with Gasteiger partial charge in [-0.15, -0.1) is 0 Å². The van der Waals surface area contributed by atoms with Crippen LogP contribution in [0.2, 0.25) is 0 Å². The number of rotatable bonds is 5. The molecule has 2 fully saturated rings. The van der Waals surface area contributed by atoms with E-state index in [1.54, 1.807) is 7.05 Å². The van der Waals surface area contributed by atoms with Crippen molar-refractivity contribution < 1.29 is 9.59 Å². The quantitative estimate of drug-likeness (QED) is 0.837. The zero-order valence-electron chi connectivity index (χ0n) is 17.2. The van der Waals surface area contributed by atoms with Crippen molar-refractivity contribution in [2.45, 2.75) is 38.5 Å². The van der Waals surface area contributed by atoms with Crippen LogP contribution in [0.3, 0.4) is 0 Å². The van der Waals surface area contributed by atoms with Crippen LogP contribution in [0.5, 0.6) is 0 Å². The average Bonchev–Trinajstić information content (AvgIpc) is 2.73. The van der Waals surface area contributed by atoms with Gasteiger partial charge in [0, 0.05) is 26.1 Å². The Balaban J connectivity index is 1.59. The van der Waals surface area contributed by atoms with Gasteiger partial charge >= 0.3 is 0 Å². The Morgan fingerprint density at radius 3 is 2.48 bits per heavy atom. The van der Waals surface area contributed by atoms with Crippen LogP contribution in [0.1, 0.15) is 37.7 Å². The first-order valence-corrected chi connectivity index (χ1v) is 10.8. The molecule has 4 nitrogen and oxygen atoms in total. The number of benzene rings is 2. The summed E-state index contributed by atoms with van der Waals surface area (Å²) in [6.07, 6.45) is 5.50. The van der Waals surface area contributed by atoms with Crippen molar-refractivity contribution in [1.82, 2.24) is 10.2 Å². The van der Waals surface area contributed by atoms with Gasteiger partial charge in [-0.1, -0.05) is 61.0 Å². The van der Waals surface area contributed by atoms with Gasteiger partial charge in [0.2, 0.25) is 11.8 Å². The van der Waals surface area contributed by atoms with Gasteiger partial charge in [-0.2, -0.15) is 0 Å². The predicted molar refractivity (Wildman–Crippen MR) is 115 cm³/mol. The molecule has 152 valence electrons. The Kier molecular flexibility index (Phi) is 5.70. The van der Waals surface area contributed by atoms with Crippen LogP contribution < -0.4 is 5.32 Å². The molecular weight excluding hydrogens is 360 g/mol. The maximum absolute atomic E-state index is 13.0. The van der Waals surface area contributed by atoms with Crippen molar-refractivity contribution in [2.75, 3.05) is 20.1 Å². The predicted octanol–water partition coefficient (Wildman–Crippen LogP) is 4.05. The van der Waals surface area contributed by atoms with Gasteiger partial charge < -0.3 is 10.2 Å². The van der Waals surface area contributed by atoms with Crippen LogP contribution in [0.15, 0.2) is 54.6 Å². The van der Waals surface area contributed by atoms with Gasteiger partial charge in [-0.05, 0) is 48.8 Å². The molecular formula is C25H30N2O2. The van der Waals surface area contributed by atoms with E-state index in [-0.39, 0.29) is 17.7 Å². The zero-order valence-corrected chi connectivity index (χ0v) is 17.2. The normalized spacial score (nSPS) is 22.0. The highest BCUT2D eigenvalue weighted by Gasteiger charge is 2.44. The van der Waals surface area contributed by atoms with E-state index in [1.807, 2.05) is 23.1 Å². The highest BCUT2D eigenvalue weighted by atomic mass is 16.2. The lowest BCUT2D eigenvalue weighted by molar-refractivity contribution is -0.146. The number of hydrogen-bond donors (Lipinski definition) is 1. The molecule has 0 radical (unpaired) electrons. The maximum Gasteiger partial charge on any atom is 0.228 e. The average molecular weight is 391 g/mol. The number of carbonyl (C=O) groups excluding carboxylic acids is 2. The molecule has 2 aromatic rings. The van der Waals surface area contributed by atoms with Crippen LogP contribution in [0.4, 0.5) is 0 Å². The van der Waals surface area contributed by atoms with E-state index in [4.69, 9.17) is 0 Å². The number of nitrogens with zero attached hydrogens (tertiary/aromatic N) is 1. The van der Waals surface area contributed by atoms with Crippen molar-refractivity contribution in [3.05, 3.63) is 60.2 Å². The molecule has 1 saturated carbocycles. The molecule has 4 rings (SSSR count). The fourth-order valence-electron chi connectivity index (χ4n) is 4.79. The molecule has 1 saturated heterocycles. The molecule has 1 aliphatic heterocycles. The summed E-state index contributed by atoms with van der Waals surface area (Å²) < 4.78 is 0. The number of likely N-dealkylation sites (tertiary alicyclic amines) is 1. The van der Waals surface area contributed by atoms with Crippen molar-refractivity contribution in [3.8, 4) is 11.1 Å². The first-order chi connectivity index (χ1) is 14.1. The maximum atomic E-state index is 13.0. The van der Waals surface area contributed by atoms with Crippen molar-refractivity contribution in [3.63, 3.8) is 0 Å². The summed E-state index contributed by atoms with van der Waals surface area (Å²) in [5, 5.41) is 2.88. The van der Waals surface area contributed by atoms with E-state index < -0.39 is 5.41 Å². The first-order valence-electron chi connectivity index (χ1n) is 10.8. The minimum absolute atomic E-state index is 0.0497. The molecule has 0 spiro atoms. The molecule has 1 aliphatic carbocycles. The van der Waals surface area contributed by atoms with Gasteiger partial charge in [0.1, 0.15) is 0 Å². The first kappa shape index (κ1) is 19.7. The lowest BCUT2D eigenvalue weighted by atomic mass is 9.73. The third kappa shape index (κ3) is 4.07. The Hall–Kier alpha value is -2.62. The Bertz CT molecular complexity index is 875. The standard InChI is InChI=1S/C25H30N2O2/c1-26-24(29)25(14-7-15-27(18-25)23(28)21-11-6-12-21)17-19-8-5-13-22(16-19)20-9-3-2-4-10-20/h2-5,8-10,13,16,21H,6-7,11-12,14-15,17-18H2,1H3,(H,26,29). The number of carbonyl (C=O) groups is 2. The molecule has 1 N–H and O–H groups in total. The molecule has 2 aromatic carbocycles. The SMILES string of the molecule is CNC(=O)C1(Cc2cccc(-c3ccccc3)c2)CCCN(C(=O)C2CCC2)C1. The van der Waals surface area contributed by atoms with E-state index in [0.29, 0.717) is 13.0 Å². The Morgan fingerprint density at radius 2 is 1.79 bits per heavy atom. The van der Waals surface area contributed by atoms with Crippen LogP contribution >= 0.6 is 0 Å². The third-order valence-electron chi connectivity index (χ3n) is 6.63.